The fourth-order valence-corrected chi connectivity index (χ4v) is 1.92. The van der Waals surface area contributed by atoms with Crippen LogP contribution in [0.15, 0.2) is 48.9 Å². The van der Waals surface area contributed by atoms with Crippen LogP contribution in [-0.2, 0) is 12.8 Å². The number of nitrogens with one attached hydrogen (secondary N) is 1. The fourth-order valence-electron chi connectivity index (χ4n) is 1.92. The smallest absolute Gasteiger partial charge is 0.0404 e. The molecular formula is C14H18N4. The van der Waals surface area contributed by atoms with Crippen LogP contribution in [0.3, 0.4) is 0 Å². The van der Waals surface area contributed by atoms with E-state index in [-0.39, 0.29) is 6.04 Å². The lowest BCUT2D eigenvalue weighted by molar-refractivity contribution is 0.489. The van der Waals surface area contributed by atoms with Gasteiger partial charge in [0.1, 0.15) is 0 Å². The second kappa shape index (κ2) is 6.83. The molecule has 18 heavy (non-hydrogen) atoms. The highest BCUT2D eigenvalue weighted by molar-refractivity contribution is 5.11. The van der Waals surface area contributed by atoms with Crippen LogP contribution in [0.2, 0.25) is 0 Å². The van der Waals surface area contributed by atoms with E-state index in [1.165, 1.54) is 5.56 Å². The first kappa shape index (κ1) is 12.7. The third kappa shape index (κ3) is 3.91. The number of nitrogens with two attached hydrogens (primary N) is 1. The van der Waals surface area contributed by atoms with Gasteiger partial charge in [-0.15, -0.1) is 0 Å². The highest BCUT2D eigenvalue weighted by atomic mass is 15.2. The molecule has 0 spiro atoms. The highest BCUT2D eigenvalue weighted by Gasteiger charge is 2.08. The van der Waals surface area contributed by atoms with Gasteiger partial charge in [-0.1, -0.05) is 6.07 Å². The van der Waals surface area contributed by atoms with E-state index in [2.05, 4.69) is 15.4 Å². The van der Waals surface area contributed by atoms with Crippen LogP contribution in [0.1, 0.15) is 17.7 Å². The van der Waals surface area contributed by atoms with E-state index in [1.54, 1.807) is 0 Å². The number of hydrazine groups is 1. The van der Waals surface area contributed by atoms with Crippen LogP contribution < -0.4 is 11.3 Å². The van der Waals surface area contributed by atoms with E-state index in [1.807, 2.05) is 48.9 Å². The maximum Gasteiger partial charge on any atom is 0.0404 e. The summed E-state index contributed by atoms with van der Waals surface area (Å²) in [5.41, 5.74) is 5.22. The molecule has 0 fully saturated rings. The van der Waals surface area contributed by atoms with Crippen LogP contribution >= 0.6 is 0 Å². The molecule has 0 amide bonds. The zero-order chi connectivity index (χ0) is 12.6. The lowest BCUT2D eigenvalue weighted by Crippen LogP contribution is -2.37. The van der Waals surface area contributed by atoms with Gasteiger partial charge in [0.25, 0.3) is 0 Å². The molecule has 1 unspecified atom stereocenters. The fraction of sp³-hybridized carbons (Fsp3) is 0.286. The molecule has 4 heteroatoms. The Hall–Kier alpha value is -1.78. The van der Waals surface area contributed by atoms with Gasteiger partial charge in [0.2, 0.25) is 0 Å². The number of aryl methyl sites for hydroxylation is 1. The molecule has 0 radical (unpaired) electrons. The van der Waals surface area contributed by atoms with Crippen LogP contribution in [-0.4, -0.2) is 16.0 Å². The Morgan fingerprint density at radius 3 is 2.61 bits per heavy atom. The summed E-state index contributed by atoms with van der Waals surface area (Å²) in [6.07, 6.45) is 8.24. The first-order chi connectivity index (χ1) is 8.88. The Balaban J connectivity index is 1.86. The molecule has 2 rings (SSSR count). The van der Waals surface area contributed by atoms with Gasteiger partial charge in [0.05, 0.1) is 0 Å². The second-order valence-corrected chi connectivity index (χ2v) is 4.28. The van der Waals surface area contributed by atoms with E-state index >= 15 is 0 Å². The van der Waals surface area contributed by atoms with Crippen molar-refractivity contribution in [3.63, 3.8) is 0 Å². The molecule has 2 aromatic heterocycles. The van der Waals surface area contributed by atoms with Crippen molar-refractivity contribution in [3.05, 3.63) is 60.2 Å². The monoisotopic (exact) mass is 242 g/mol. The third-order valence-corrected chi connectivity index (χ3v) is 2.94. The first-order valence-electron chi connectivity index (χ1n) is 6.13. The maximum absolute atomic E-state index is 5.60. The summed E-state index contributed by atoms with van der Waals surface area (Å²) >= 11 is 0. The van der Waals surface area contributed by atoms with Gasteiger partial charge >= 0.3 is 0 Å². The standard InChI is InChI=1S/C14H18N4/c15-18-14(11-12-6-9-16-10-7-12)5-4-13-3-1-2-8-17-13/h1-3,6-10,14,18H,4-5,11,15H2. The number of hydrogen-bond donors (Lipinski definition) is 2. The van der Waals surface area contributed by atoms with Crippen molar-refractivity contribution in [1.82, 2.24) is 15.4 Å². The van der Waals surface area contributed by atoms with Gasteiger partial charge in [-0.05, 0) is 49.1 Å². The summed E-state index contributed by atoms with van der Waals surface area (Å²) in [4.78, 5) is 8.32. The molecule has 0 aliphatic rings. The van der Waals surface area contributed by atoms with Crippen molar-refractivity contribution < 1.29 is 0 Å². The number of hydrogen-bond acceptors (Lipinski definition) is 4. The van der Waals surface area contributed by atoms with Crippen molar-refractivity contribution in [2.24, 2.45) is 5.84 Å². The molecule has 0 aliphatic heterocycles. The second-order valence-electron chi connectivity index (χ2n) is 4.28. The summed E-state index contributed by atoms with van der Waals surface area (Å²) in [6, 6.07) is 10.3. The van der Waals surface area contributed by atoms with E-state index in [0.29, 0.717) is 0 Å². The van der Waals surface area contributed by atoms with Crippen molar-refractivity contribution in [1.29, 1.82) is 0 Å². The lowest BCUT2D eigenvalue weighted by atomic mass is 10.0. The summed E-state index contributed by atoms with van der Waals surface area (Å²) in [5, 5.41) is 0. The molecule has 0 aliphatic carbocycles. The average Bonchev–Trinajstić information content (AvgIpc) is 2.45. The quantitative estimate of drug-likeness (QED) is 0.595. The first-order valence-corrected chi connectivity index (χ1v) is 6.13. The maximum atomic E-state index is 5.60. The Labute approximate surface area is 107 Å². The summed E-state index contributed by atoms with van der Waals surface area (Å²) in [6.45, 7) is 0. The summed E-state index contributed by atoms with van der Waals surface area (Å²) in [7, 11) is 0. The normalized spacial score (nSPS) is 12.3. The van der Waals surface area contributed by atoms with Crippen molar-refractivity contribution >= 4 is 0 Å². The third-order valence-electron chi connectivity index (χ3n) is 2.94. The molecule has 3 N–H and O–H groups in total. The topological polar surface area (TPSA) is 63.8 Å². The van der Waals surface area contributed by atoms with E-state index < -0.39 is 0 Å². The van der Waals surface area contributed by atoms with E-state index in [0.717, 1.165) is 25.0 Å². The Morgan fingerprint density at radius 1 is 1.11 bits per heavy atom. The van der Waals surface area contributed by atoms with Crippen LogP contribution in [0, 0.1) is 0 Å². The van der Waals surface area contributed by atoms with Gasteiger partial charge in [-0.2, -0.15) is 0 Å². The molecular weight excluding hydrogens is 224 g/mol. The molecule has 2 aromatic rings. The van der Waals surface area contributed by atoms with Crippen molar-refractivity contribution in [3.8, 4) is 0 Å². The Morgan fingerprint density at radius 2 is 1.94 bits per heavy atom. The van der Waals surface area contributed by atoms with Crippen LogP contribution in [0.5, 0.6) is 0 Å². The van der Waals surface area contributed by atoms with E-state index in [9.17, 15) is 0 Å². The zero-order valence-corrected chi connectivity index (χ0v) is 10.3. The highest BCUT2D eigenvalue weighted by Crippen LogP contribution is 2.07. The molecule has 4 nitrogen and oxygen atoms in total. The Bertz CT molecular complexity index is 444. The molecule has 1 atom stereocenters. The van der Waals surface area contributed by atoms with Crippen LogP contribution in [0.25, 0.3) is 0 Å². The van der Waals surface area contributed by atoms with Crippen molar-refractivity contribution in [2.75, 3.05) is 0 Å². The van der Waals surface area contributed by atoms with Crippen LogP contribution in [0.4, 0.5) is 0 Å². The zero-order valence-electron chi connectivity index (χ0n) is 10.3. The molecule has 2 heterocycles. The molecule has 0 saturated heterocycles. The summed E-state index contributed by atoms with van der Waals surface area (Å²) < 4.78 is 0. The van der Waals surface area contributed by atoms with Gasteiger partial charge in [0.15, 0.2) is 0 Å². The summed E-state index contributed by atoms with van der Waals surface area (Å²) in [5.74, 6) is 5.60. The number of rotatable bonds is 6. The molecule has 0 bridgehead atoms. The number of aromatic nitrogens is 2. The van der Waals surface area contributed by atoms with Gasteiger partial charge < -0.3 is 0 Å². The van der Waals surface area contributed by atoms with E-state index in [4.69, 9.17) is 5.84 Å². The number of nitrogens with zero attached hydrogens (tertiary/aromatic N) is 2. The molecule has 0 aromatic carbocycles. The predicted octanol–water partition coefficient (Wildman–Crippen LogP) is 1.48. The minimum atomic E-state index is 0.259. The largest absolute Gasteiger partial charge is 0.271 e. The minimum Gasteiger partial charge on any atom is -0.271 e. The lowest BCUT2D eigenvalue weighted by Gasteiger charge is -2.15. The van der Waals surface area contributed by atoms with Crippen molar-refractivity contribution in [2.45, 2.75) is 25.3 Å². The predicted molar refractivity (Wildman–Crippen MR) is 71.6 cm³/mol. The SMILES string of the molecule is NNC(CCc1ccccn1)Cc1ccncc1. The minimum absolute atomic E-state index is 0.259. The number of pyridine rings is 2. The average molecular weight is 242 g/mol. The Kier molecular flexibility index (Phi) is 4.81. The molecule has 0 saturated carbocycles. The van der Waals surface area contributed by atoms with Gasteiger partial charge in [0, 0.05) is 30.3 Å². The molecule has 94 valence electrons. The van der Waals surface area contributed by atoms with Gasteiger partial charge in [-0.3, -0.25) is 21.2 Å². The van der Waals surface area contributed by atoms with Gasteiger partial charge in [-0.25, -0.2) is 0 Å².